The quantitative estimate of drug-likeness (QED) is 0.478. The Labute approximate surface area is 106 Å². The van der Waals surface area contributed by atoms with Gasteiger partial charge in [-0.05, 0) is 0 Å². The van der Waals surface area contributed by atoms with Gasteiger partial charge in [0.05, 0.1) is 0 Å². The molecule has 2 N–H and O–H groups in total. The summed E-state index contributed by atoms with van der Waals surface area (Å²) in [5, 5.41) is 0. The molecular formula is C10H20I2N-. The first-order chi connectivity index (χ1) is 6.04. The molecule has 1 nitrogen and oxygen atoms in total. The Bertz CT molecular complexity index is 159. The monoisotopic (exact) mass is 408 g/mol. The number of hydrogen-bond donors (Lipinski definition) is 1. The first-order valence-electron chi connectivity index (χ1n) is 4.62. The van der Waals surface area contributed by atoms with Gasteiger partial charge in [-0.25, -0.2) is 0 Å². The number of rotatable bonds is 6. The van der Waals surface area contributed by atoms with Crippen molar-refractivity contribution in [3.8, 4) is 0 Å². The van der Waals surface area contributed by atoms with E-state index in [1.807, 2.05) is 0 Å². The van der Waals surface area contributed by atoms with Gasteiger partial charge in [-0.3, -0.25) is 0 Å². The summed E-state index contributed by atoms with van der Waals surface area (Å²) < 4.78 is 1.99. The second-order valence-corrected chi connectivity index (χ2v) is 7.22. The first kappa shape index (κ1) is 14.2. The molecule has 0 aromatic heterocycles. The Kier molecular flexibility index (Phi) is 8.12. The summed E-state index contributed by atoms with van der Waals surface area (Å²) in [5.74, 6) is 0.597. The van der Waals surface area contributed by atoms with Crippen LogP contribution in [0.2, 0.25) is 0 Å². The van der Waals surface area contributed by atoms with Gasteiger partial charge in [0.15, 0.2) is 0 Å². The summed E-state index contributed by atoms with van der Waals surface area (Å²) in [7, 11) is 0. The van der Waals surface area contributed by atoms with Crippen LogP contribution in [-0.2, 0) is 0 Å². The molecule has 0 rings (SSSR count). The summed E-state index contributed by atoms with van der Waals surface area (Å²) in [6.45, 7) is 8.58. The zero-order chi connectivity index (χ0) is 10.4. The van der Waals surface area contributed by atoms with E-state index in [0.29, 0.717) is 15.9 Å². The number of allylic oxidation sites excluding steroid dienone is 1. The number of hydrogen-bond acceptors (Lipinski definition) is 1. The molecule has 0 radical (unpaired) electrons. The van der Waals surface area contributed by atoms with Gasteiger partial charge in [0.25, 0.3) is 0 Å². The average molecular weight is 408 g/mol. The molecular weight excluding hydrogens is 388 g/mol. The third-order valence-electron chi connectivity index (χ3n) is 2.25. The van der Waals surface area contributed by atoms with E-state index in [0.717, 1.165) is 6.42 Å². The molecule has 0 saturated carbocycles. The van der Waals surface area contributed by atoms with E-state index in [2.05, 4.69) is 47.9 Å². The predicted octanol–water partition coefficient (Wildman–Crippen LogP) is -0.214. The van der Waals surface area contributed by atoms with Crippen molar-refractivity contribution in [1.82, 2.24) is 0 Å². The molecule has 80 valence electrons. The van der Waals surface area contributed by atoms with Crippen LogP contribution in [0.4, 0.5) is 0 Å². The fraction of sp³-hybridized carbons (Fsp3) is 0.800. The van der Waals surface area contributed by atoms with Crippen LogP contribution in [-0.4, -0.2) is 14.9 Å². The van der Waals surface area contributed by atoms with Crippen molar-refractivity contribution >= 4 is 22.6 Å². The first-order valence-corrected chi connectivity index (χ1v) is 9.10. The second kappa shape index (κ2) is 7.45. The zero-order valence-electron chi connectivity index (χ0n) is 8.69. The Morgan fingerprint density at radius 2 is 2.15 bits per heavy atom. The molecule has 0 aromatic carbocycles. The van der Waals surface area contributed by atoms with E-state index in [1.165, 1.54) is 10.0 Å². The molecule has 0 unspecified atom stereocenters. The summed E-state index contributed by atoms with van der Waals surface area (Å²) in [6, 6.07) is 0.341. The van der Waals surface area contributed by atoms with Crippen molar-refractivity contribution in [2.24, 2.45) is 11.7 Å². The third kappa shape index (κ3) is 4.97. The van der Waals surface area contributed by atoms with Crippen LogP contribution < -0.4 is 26.9 Å². The molecule has 3 heteroatoms. The molecule has 0 aliphatic rings. The van der Waals surface area contributed by atoms with Crippen molar-refractivity contribution in [3.63, 3.8) is 0 Å². The summed E-state index contributed by atoms with van der Waals surface area (Å²) in [4.78, 5) is 2.27. The van der Waals surface area contributed by atoms with Gasteiger partial charge >= 0.3 is 107 Å². The van der Waals surface area contributed by atoms with E-state index >= 15 is 0 Å². The Balaban J connectivity index is 4.07. The van der Waals surface area contributed by atoms with Crippen molar-refractivity contribution in [2.75, 3.05) is 4.93 Å². The van der Waals surface area contributed by atoms with Gasteiger partial charge in [0.2, 0.25) is 0 Å². The number of nitrogens with two attached hydrogens (primary N) is 1. The van der Waals surface area contributed by atoms with E-state index in [-0.39, 0.29) is 21.2 Å². The minimum atomic E-state index is 0.181. The van der Waals surface area contributed by atoms with Crippen LogP contribution in [0.5, 0.6) is 0 Å². The van der Waals surface area contributed by atoms with Gasteiger partial charge in [0.1, 0.15) is 0 Å². The molecule has 0 aliphatic heterocycles. The Morgan fingerprint density at radius 3 is 2.54 bits per heavy atom. The van der Waals surface area contributed by atoms with Crippen LogP contribution in [0.3, 0.4) is 0 Å². The van der Waals surface area contributed by atoms with Crippen molar-refractivity contribution in [2.45, 2.75) is 36.7 Å². The van der Waals surface area contributed by atoms with Gasteiger partial charge in [-0.15, -0.1) is 0 Å². The second-order valence-electron chi connectivity index (χ2n) is 3.32. The Morgan fingerprint density at radius 1 is 1.62 bits per heavy atom. The molecule has 0 bridgehead atoms. The fourth-order valence-corrected chi connectivity index (χ4v) is 4.06. The molecule has 0 aromatic rings. The molecule has 0 saturated heterocycles. The third-order valence-corrected chi connectivity index (χ3v) is 6.62. The standard InChI is InChI=1S/C10H20I2N/c1-5-6-9(13)10(11)7(2)8(3)12-4/h7,9-10H,3,5-6,13H2,1-2,4H3/q-1/t7-,9+,10+/m0/s1. The van der Waals surface area contributed by atoms with Crippen LogP contribution >= 0.6 is 22.6 Å². The van der Waals surface area contributed by atoms with E-state index in [1.54, 1.807) is 0 Å². The van der Waals surface area contributed by atoms with E-state index in [4.69, 9.17) is 5.73 Å². The maximum absolute atomic E-state index is 6.08. The van der Waals surface area contributed by atoms with Gasteiger partial charge in [-0.1, -0.05) is 0 Å². The van der Waals surface area contributed by atoms with Crippen molar-refractivity contribution in [1.29, 1.82) is 0 Å². The molecule has 0 spiro atoms. The normalized spacial score (nSPS) is 18.2. The maximum atomic E-state index is 6.08. The van der Waals surface area contributed by atoms with Crippen molar-refractivity contribution < 1.29 is 21.2 Å². The van der Waals surface area contributed by atoms with E-state index in [9.17, 15) is 0 Å². The number of alkyl halides is 2. The molecule has 0 heterocycles. The Hall–Kier alpha value is 1.16. The van der Waals surface area contributed by atoms with Gasteiger partial charge in [0, 0.05) is 0 Å². The van der Waals surface area contributed by atoms with Gasteiger partial charge in [-0.2, -0.15) is 0 Å². The average Bonchev–Trinajstić information content (AvgIpc) is 2.14. The minimum absolute atomic E-state index is 0.181. The SMILES string of the molecule is C=C([I-]C)[C@H](C)[C@@H](I)[C@H](N)CCC. The van der Waals surface area contributed by atoms with Crippen LogP contribution in [0.1, 0.15) is 26.7 Å². The number of halogens is 2. The zero-order valence-corrected chi connectivity index (χ0v) is 13.0. The van der Waals surface area contributed by atoms with Gasteiger partial charge < -0.3 is 0 Å². The van der Waals surface area contributed by atoms with Crippen LogP contribution in [0.25, 0.3) is 0 Å². The predicted molar refractivity (Wildman–Crippen MR) is 64.9 cm³/mol. The topological polar surface area (TPSA) is 26.0 Å². The van der Waals surface area contributed by atoms with Crippen molar-refractivity contribution in [3.05, 3.63) is 10.2 Å². The molecule has 3 atom stereocenters. The van der Waals surface area contributed by atoms with Crippen LogP contribution in [0.15, 0.2) is 10.2 Å². The fourth-order valence-electron chi connectivity index (χ4n) is 1.21. The molecule has 0 fully saturated rings. The molecule has 13 heavy (non-hydrogen) atoms. The van der Waals surface area contributed by atoms with E-state index < -0.39 is 0 Å². The molecule has 0 amide bonds. The summed E-state index contributed by atoms with van der Waals surface area (Å²) >= 11 is 2.67. The molecule has 0 aliphatic carbocycles. The summed E-state index contributed by atoms with van der Waals surface area (Å²) in [6.07, 6.45) is 2.31. The van der Waals surface area contributed by atoms with Crippen LogP contribution in [0, 0.1) is 5.92 Å². The summed E-state index contributed by atoms with van der Waals surface area (Å²) in [5.41, 5.74) is 6.08.